The Labute approximate surface area is 181 Å². The summed E-state index contributed by atoms with van der Waals surface area (Å²) in [6.45, 7) is 2.74. The van der Waals surface area contributed by atoms with Crippen molar-refractivity contribution < 1.29 is 27.5 Å². The van der Waals surface area contributed by atoms with Crippen molar-refractivity contribution in [2.75, 3.05) is 12.4 Å². The van der Waals surface area contributed by atoms with E-state index >= 15 is 0 Å². The van der Waals surface area contributed by atoms with Gasteiger partial charge in [0.05, 0.1) is 30.5 Å². The molecular weight excluding hydrogens is 422 g/mol. The summed E-state index contributed by atoms with van der Waals surface area (Å²) in [5.41, 5.74) is 1.13. The molecule has 2 rings (SSSR count). The van der Waals surface area contributed by atoms with Gasteiger partial charge in [-0.15, -0.1) is 0 Å². The summed E-state index contributed by atoms with van der Waals surface area (Å²) < 4.78 is 32.2. The van der Waals surface area contributed by atoms with E-state index in [-0.39, 0.29) is 17.2 Å². The van der Waals surface area contributed by atoms with Crippen LogP contribution in [0.15, 0.2) is 59.5 Å². The van der Waals surface area contributed by atoms with Crippen LogP contribution in [0.4, 0.5) is 5.69 Å². The first-order valence-corrected chi connectivity index (χ1v) is 10.9. The molecule has 0 aliphatic carbocycles. The fourth-order valence-corrected chi connectivity index (χ4v) is 3.96. The fraction of sp³-hybridized carbons (Fsp3) is 0.286. The molecule has 2 amide bonds. The van der Waals surface area contributed by atoms with Crippen molar-refractivity contribution in [2.45, 2.75) is 37.2 Å². The van der Waals surface area contributed by atoms with Crippen LogP contribution in [0.2, 0.25) is 0 Å². The monoisotopic (exact) mass is 447 g/mol. The Balaban J connectivity index is 2.10. The molecule has 0 aromatic heterocycles. The van der Waals surface area contributed by atoms with Crippen molar-refractivity contribution in [2.24, 2.45) is 0 Å². The van der Waals surface area contributed by atoms with Crippen LogP contribution in [-0.4, -0.2) is 39.4 Å². The van der Waals surface area contributed by atoms with Gasteiger partial charge in [-0.05, 0) is 36.8 Å². The number of anilines is 1. The molecule has 0 aliphatic rings. The topological polar surface area (TPSA) is 131 Å². The molecule has 2 atom stereocenters. The Morgan fingerprint density at radius 1 is 1.00 bits per heavy atom. The highest BCUT2D eigenvalue weighted by atomic mass is 32.2. The first-order chi connectivity index (χ1) is 14.6. The molecule has 0 fully saturated rings. The molecule has 0 radical (unpaired) electrons. The second-order valence-electron chi connectivity index (χ2n) is 6.80. The van der Waals surface area contributed by atoms with E-state index in [2.05, 4.69) is 20.1 Å². The van der Waals surface area contributed by atoms with Crippen molar-refractivity contribution in [3.63, 3.8) is 0 Å². The summed E-state index contributed by atoms with van der Waals surface area (Å²) in [7, 11) is -2.74. The van der Waals surface area contributed by atoms with Crippen molar-refractivity contribution >= 4 is 33.5 Å². The highest BCUT2D eigenvalue weighted by molar-refractivity contribution is 7.89. The van der Waals surface area contributed by atoms with E-state index in [0.717, 1.165) is 0 Å². The molecule has 0 aliphatic heterocycles. The average Bonchev–Trinajstić information content (AvgIpc) is 2.73. The number of hydrogen-bond acceptors (Lipinski definition) is 6. The normalized spacial score (nSPS) is 13.0. The largest absolute Gasteiger partial charge is 0.469 e. The number of nitrogens with one attached hydrogen (secondary N) is 3. The van der Waals surface area contributed by atoms with Gasteiger partial charge in [-0.1, -0.05) is 30.3 Å². The van der Waals surface area contributed by atoms with Crippen LogP contribution in [0.5, 0.6) is 0 Å². The zero-order chi connectivity index (χ0) is 23.0. The molecule has 0 bridgehead atoms. The van der Waals surface area contributed by atoms with E-state index in [1.54, 1.807) is 30.3 Å². The van der Waals surface area contributed by atoms with Crippen LogP contribution in [0.3, 0.4) is 0 Å². The molecule has 1 unspecified atom stereocenters. The second-order valence-corrected chi connectivity index (χ2v) is 8.51. The number of carbonyl (C=O) groups is 3. The molecule has 166 valence electrons. The number of hydrogen-bond donors (Lipinski definition) is 3. The molecule has 2 aromatic carbocycles. The number of benzene rings is 2. The maximum absolute atomic E-state index is 12.6. The maximum Gasteiger partial charge on any atom is 0.307 e. The van der Waals surface area contributed by atoms with Crippen molar-refractivity contribution in [1.29, 1.82) is 0 Å². The lowest BCUT2D eigenvalue weighted by Gasteiger charge is -2.21. The first-order valence-electron chi connectivity index (χ1n) is 9.44. The summed E-state index contributed by atoms with van der Waals surface area (Å²) in [5, 5.41) is 5.23. The van der Waals surface area contributed by atoms with Crippen LogP contribution in [0.25, 0.3) is 0 Å². The number of sulfonamides is 1. The summed E-state index contributed by atoms with van der Waals surface area (Å²) >= 11 is 0. The molecule has 9 nitrogen and oxygen atoms in total. The van der Waals surface area contributed by atoms with Crippen LogP contribution in [-0.2, 0) is 29.1 Å². The number of carbonyl (C=O) groups excluding carboxylic acids is 3. The fourth-order valence-electron chi connectivity index (χ4n) is 2.76. The van der Waals surface area contributed by atoms with E-state index in [4.69, 9.17) is 0 Å². The summed E-state index contributed by atoms with van der Waals surface area (Å²) in [4.78, 5) is 35.4. The van der Waals surface area contributed by atoms with Gasteiger partial charge in [0, 0.05) is 12.6 Å². The summed E-state index contributed by atoms with van der Waals surface area (Å²) in [5.74, 6) is -1.39. The summed E-state index contributed by atoms with van der Waals surface area (Å²) in [6, 6.07) is 12.6. The quantitative estimate of drug-likeness (QED) is 0.502. The lowest BCUT2D eigenvalue weighted by molar-refractivity contribution is -0.141. The smallest absolute Gasteiger partial charge is 0.307 e. The van der Waals surface area contributed by atoms with Crippen LogP contribution in [0.1, 0.15) is 31.9 Å². The van der Waals surface area contributed by atoms with Gasteiger partial charge in [0.2, 0.25) is 21.8 Å². The number of rotatable bonds is 9. The highest BCUT2D eigenvalue weighted by Gasteiger charge is 2.25. The van der Waals surface area contributed by atoms with Crippen LogP contribution in [0, 0.1) is 0 Å². The molecule has 0 heterocycles. The minimum absolute atomic E-state index is 0.0598. The van der Waals surface area contributed by atoms with Gasteiger partial charge in [0.25, 0.3) is 0 Å². The lowest BCUT2D eigenvalue weighted by atomic mass is 10.0. The van der Waals surface area contributed by atoms with E-state index in [1.165, 1.54) is 45.2 Å². The first kappa shape index (κ1) is 24.0. The Kier molecular flexibility index (Phi) is 8.29. The number of methoxy groups -OCH3 is 1. The molecule has 0 saturated carbocycles. The van der Waals surface area contributed by atoms with Gasteiger partial charge in [0.15, 0.2) is 0 Å². The van der Waals surface area contributed by atoms with E-state index in [0.29, 0.717) is 11.3 Å². The van der Waals surface area contributed by atoms with Crippen LogP contribution >= 0.6 is 0 Å². The van der Waals surface area contributed by atoms with Gasteiger partial charge >= 0.3 is 5.97 Å². The van der Waals surface area contributed by atoms with Crippen molar-refractivity contribution in [3.05, 3.63) is 60.2 Å². The average molecular weight is 448 g/mol. The molecule has 3 N–H and O–H groups in total. The Hall–Kier alpha value is -3.24. The molecule has 10 heteroatoms. The minimum Gasteiger partial charge on any atom is -0.469 e. The van der Waals surface area contributed by atoms with Gasteiger partial charge in [-0.3, -0.25) is 14.4 Å². The van der Waals surface area contributed by atoms with E-state index in [1.807, 2.05) is 0 Å². The van der Waals surface area contributed by atoms with Gasteiger partial charge in [-0.2, -0.15) is 4.72 Å². The number of amides is 2. The van der Waals surface area contributed by atoms with Crippen molar-refractivity contribution in [3.8, 4) is 0 Å². The molecular formula is C21H25N3O6S. The lowest BCUT2D eigenvalue weighted by Crippen LogP contribution is -2.46. The number of esters is 1. The van der Waals surface area contributed by atoms with Gasteiger partial charge in [0.1, 0.15) is 0 Å². The SMILES string of the molecule is COC(=O)CC(NC(=O)[C@H](C)NS(=O)(=O)c1ccc(NC(C)=O)cc1)c1ccccc1. The standard InChI is InChI=1S/C21H25N3O6S/c1-14(24-31(28,29)18-11-9-17(10-12-18)22-15(2)25)21(27)23-19(13-20(26)30-3)16-7-5-4-6-8-16/h4-12,14,19,24H,13H2,1-3H3,(H,22,25)(H,23,27)/t14-,19?/m0/s1. The third kappa shape index (κ3) is 7.19. The highest BCUT2D eigenvalue weighted by Crippen LogP contribution is 2.18. The van der Waals surface area contributed by atoms with E-state index in [9.17, 15) is 22.8 Å². The second kappa shape index (κ2) is 10.7. The maximum atomic E-state index is 12.6. The predicted molar refractivity (Wildman–Crippen MR) is 114 cm³/mol. The van der Waals surface area contributed by atoms with Gasteiger partial charge < -0.3 is 15.4 Å². The minimum atomic E-state index is -3.99. The third-order valence-corrected chi connectivity index (χ3v) is 5.88. The zero-order valence-electron chi connectivity index (χ0n) is 17.4. The molecule has 0 spiro atoms. The van der Waals surface area contributed by atoms with E-state index < -0.39 is 34.0 Å². The Morgan fingerprint density at radius 3 is 2.16 bits per heavy atom. The molecule has 31 heavy (non-hydrogen) atoms. The van der Waals surface area contributed by atoms with Gasteiger partial charge in [-0.25, -0.2) is 8.42 Å². The Morgan fingerprint density at radius 2 is 1.61 bits per heavy atom. The Bertz CT molecular complexity index is 1020. The summed E-state index contributed by atoms with van der Waals surface area (Å²) in [6.07, 6.45) is -0.101. The van der Waals surface area contributed by atoms with Crippen LogP contribution < -0.4 is 15.4 Å². The molecule has 0 saturated heterocycles. The number of ether oxygens (including phenoxy) is 1. The zero-order valence-corrected chi connectivity index (χ0v) is 18.2. The third-order valence-electron chi connectivity index (χ3n) is 4.33. The molecule has 2 aromatic rings. The van der Waals surface area contributed by atoms with Crippen molar-refractivity contribution in [1.82, 2.24) is 10.0 Å². The predicted octanol–water partition coefficient (Wildman–Crippen LogP) is 1.73.